The second-order valence-electron chi connectivity index (χ2n) is 3.71. The summed E-state index contributed by atoms with van der Waals surface area (Å²) in [5, 5.41) is 10.9. The van der Waals surface area contributed by atoms with Gasteiger partial charge in [-0.05, 0) is 26.8 Å². The number of aryl methyl sites for hydroxylation is 2. The summed E-state index contributed by atoms with van der Waals surface area (Å²) in [7, 11) is 0. The molecule has 0 saturated heterocycles. The second kappa shape index (κ2) is 3.75. The van der Waals surface area contributed by atoms with Crippen LogP contribution in [0, 0.1) is 13.8 Å². The predicted octanol–water partition coefficient (Wildman–Crippen LogP) is 2.50. The van der Waals surface area contributed by atoms with Crippen LogP contribution in [-0.2, 0) is 4.79 Å². The fourth-order valence-electron chi connectivity index (χ4n) is 1.56. The first kappa shape index (κ1) is 10.9. The van der Waals surface area contributed by atoms with Gasteiger partial charge in [-0.2, -0.15) is 0 Å². The molecule has 4 nitrogen and oxygen atoms in total. The smallest absolute Gasteiger partial charge is 0.331 e. The Bertz CT molecular complexity index is 592. The Hall–Kier alpha value is -1.62. The third-order valence-corrected chi connectivity index (χ3v) is 3.39. The highest BCUT2D eigenvalue weighted by Crippen LogP contribution is 2.22. The summed E-state index contributed by atoms with van der Waals surface area (Å²) in [6, 6.07) is 0. The van der Waals surface area contributed by atoms with Crippen LogP contribution in [-0.4, -0.2) is 20.5 Å². The van der Waals surface area contributed by atoms with Crippen molar-refractivity contribution >= 4 is 28.3 Å². The number of aliphatic carboxylic acids is 1. The van der Waals surface area contributed by atoms with Crippen LogP contribution in [0.5, 0.6) is 0 Å². The molecule has 2 aromatic heterocycles. The number of nitrogens with zero attached hydrogens (tertiary/aromatic N) is 2. The average Bonchev–Trinajstić information content (AvgIpc) is 2.69. The van der Waals surface area contributed by atoms with Crippen molar-refractivity contribution < 1.29 is 9.90 Å². The van der Waals surface area contributed by atoms with E-state index in [2.05, 4.69) is 4.98 Å². The van der Waals surface area contributed by atoms with Gasteiger partial charge in [-0.15, -0.1) is 11.3 Å². The molecule has 0 bridgehead atoms. The molecule has 0 spiro atoms. The van der Waals surface area contributed by atoms with E-state index in [9.17, 15) is 4.79 Å². The van der Waals surface area contributed by atoms with Crippen molar-refractivity contribution in [3.8, 4) is 0 Å². The molecule has 0 aliphatic carbocycles. The van der Waals surface area contributed by atoms with E-state index >= 15 is 0 Å². The maximum absolute atomic E-state index is 10.8. The molecule has 5 heteroatoms. The number of thiazole rings is 1. The summed E-state index contributed by atoms with van der Waals surface area (Å²) in [4.78, 5) is 16.1. The lowest BCUT2D eigenvalue weighted by atomic mass is 10.2. The van der Waals surface area contributed by atoms with Crippen LogP contribution in [0.3, 0.4) is 0 Å². The molecule has 0 amide bonds. The summed E-state index contributed by atoms with van der Waals surface area (Å²) in [6.07, 6.45) is 1.66. The Labute approximate surface area is 96.9 Å². The number of hydrogen-bond acceptors (Lipinski definition) is 3. The number of hydrogen-bond donors (Lipinski definition) is 1. The van der Waals surface area contributed by atoms with Gasteiger partial charge in [0.15, 0.2) is 4.96 Å². The number of carbonyl (C=O) groups is 1. The highest BCUT2D eigenvalue weighted by Gasteiger charge is 2.11. The molecule has 84 valence electrons. The van der Waals surface area contributed by atoms with E-state index in [1.807, 2.05) is 23.6 Å². The second-order valence-corrected chi connectivity index (χ2v) is 4.55. The van der Waals surface area contributed by atoms with E-state index in [4.69, 9.17) is 5.11 Å². The summed E-state index contributed by atoms with van der Waals surface area (Å²) in [5.41, 5.74) is 3.10. The molecule has 2 rings (SSSR count). The van der Waals surface area contributed by atoms with Crippen LogP contribution >= 0.6 is 11.3 Å². The Kier molecular flexibility index (Phi) is 2.55. The zero-order valence-electron chi connectivity index (χ0n) is 9.31. The molecule has 2 aromatic rings. The highest BCUT2D eigenvalue weighted by atomic mass is 32.1. The van der Waals surface area contributed by atoms with Crippen LogP contribution in [0.2, 0.25) is 0 Å². The van der Waals surface area contributed by atoms with Gasteiger partial charge >= 0.3 is 5.97 Å². The molecule has 0 aromatic carbocycles. The van der Waals surface area contributed by atoms with Gasteiger partial charge in [0, 0.05) is 16.6 Å². The molecule has 1 N–H and O–H groups in total. The number of carboxylic acids is 1. The van der Waals surface area contributed by atoms with Crippen LogP contribution in [0.25, 0.3) is 11.0 Å². The standard InChI is InChI=1S/C11H12N2O2S/c1-6(10(14)15)4-9-8(3)12-11-13(9)7(2)5-16-11/h4-5H,1-3H3,(H,14,15). The third kappa shape index (κ3) is 1.63. The van der Waals surface area contributed by atoms with Crippen molar-refractivity contribution in [3.05, 3.63) is 28.0 Å². The summed E-state index contributed by atoms with van der Waals surface area (Å²) in [5.74, 6) is -0.901. The van der Waals surface area contributed by atoms with Gasteiger partial charge in [0.25, 0.3) is 0 Å². The van der Waals surface area contributed by atoms with E-state index in [-0.39, 0.29) is 0 Å². The van der Waals surface area contributed by atoms with Crippen LogP contribution < -0.4 is 0 Å². The Morgan fingerprint density at radius 1 is 1.56 bits per heavy atom. The summed E-state index contributed by atoms with van der Waals surface area (Å²) < 4.78 is 1.98. The molecule has 0 atom stereocenters. The summed E-state index contributed by atoms with van der Waals surface area (Å²) in [6.45, 7) is 5.46. The third-order valence-electron chi connectivity index (χ3n) is 2.44. The molecule has 0 fully saturated rings. The van der Waals surface area contributed by atoms with Crippen molar-refractivity contribution in [1.29, 1.82) is 0 Å². The SMILES string of the molecule is CC(=Cc1c(C)nc2scc(C)n12)C(=O)O. The lowest BCUT2D eigenvalue weighted by Gasteiger charge is -1.98. The quantitative estimate of drug-likeness (QED) is 0.815. The number of aromatic nitrogens is 2. The van der Waals surface area contributed by atoms with Gasteiger partial charge in [-0.1, -0.05) is 0 Å². The monoisotopic (exact) mass is 236 g/mol. The minimum atomic E-state index is -0.901. The predicted molar refractivity (Wildman–Crippen MR) is 63.8 cm³/mol. The van der Waals surface area contributed by atoms with Gasteiger partial charge in [0.1, 0.15) is 0 Å². The number of rotatable bonds is 2. The Morgan fingerprint density at radius 2 is 2.25 bits per heavy atom. The largest absolute Gasteiger partial charge is 0.478 e. The minimum absolute atomic E-state index is 0.315. The molecule has 0 aliphatic heterocycles. The van der Waals surface area contributed by atoms with Crippen LogP contribution in [0.1, 0.15) is 24.0 Å². The van der Waals surface area contributed by atoms with E-state index in [0.717, 1.165) is 22.0 Å². The van der Waals surface area contributed by atoms with Gasteiger partial charge in [-0.3, -0.25) is 4.40 Å². The molecule has 0 unspecified atom stereocenters. The topological polar surface area (TPSA) is 54.6 Å². The molecule has 0 saturated carbocycles. The van der Waals surface area contributed by atoms with Crippen molar-refractivity contribution in [2.75, 3.05) is 0 Å². The number of fused-ring (bicyclic) bond motifs is 1. The van der Waals surface area contributed by atoms with Crippen molar-refractivity contribution in [3.63, 3.8) is 0 Å². The molecule has 0 aliphatic rings. The molecule has 0 radical (unpaired) electrons. The molecule has 2 heterocycles. The lowest BCUT2D eigenvalue weighted by molar-refractivity contribution is -0.132. The normalized spacial score (nSPS) is 12.3. The first-order valence-electron chi connectivity index (χ1n) is 4.85. The van der Waals surface area contributed by atoms with E-state index in [1.54, 1.807) is 24.3 Å². The van der Waals surface area contributed by atoms with Crippen molar-refractivity contribution in [1.82, 2.24) is 9.38 Å². The summed E-state index contributed by atoms with van der Waals surface area (Å²) >= 11 is 1.56. The highest BCUT2D eigenvalue weighted by molar-refractivity contribution is 7.15. The molecular weight excluding hydrogens is 224 g/mol. The number of carboxylic acid groups (broad SMARTS) is 1. The van der Waals surface area contributed by atoms with Gasteiger partial charge in [0.05, 0.1) is 11.4 Å². The first-order chi connectivity index (χ1) is 7.50. The maximum Gasteiger partial charge on any atom is 0.331 e. The first-order valence-corrected chi connectivity index (χ1v) is 5.73. The maximum atomic E-state index is 10.8. The lowest BCUT2D eigenvalue weighted by Crippen LogP contribution is -1.97. The van der Waals surface area contributed by atoms with Crippen LogP contribution in [0.4, 0.5) is 0 Å². The number of imidazole rings is 1. The zero-order chi connectivity index (χ0) is 11.9. The Morgan fingerprint density at radius 3 is 2.88 bits per heavy atom. The minimum Gasteiger partial charge on any atom is -0.478 e. The van der Waals surface area contributed by atoms with Crippen LogP contribution in [0.15, 0.2) is 11.0 Å². The molecule has 16 heavy (non-hydrogen) atoms. The van der Waals surface area contributed by atoms with Crippen molar-refractivity contribution in [2.24, 2.45) is 0 Å². The van der Waals surface area contributed by atoms with E-state index in [0.29, 0.717) is 5.57 Å². The zero-order valence-corrected chi connectivity index (χ0v) is 10.1. The fraction of sp³-hybridized carbons (Fsp3) is 0.273. The Balaban J connectivity index is 2.67. The van der Waals surface area contributed by atoms with Gasteiger partial charge in [-0.25, -0.2) is 9.78 Å². The van der Waals surface area contributed by atoms with E-state index in [1.165, 1.54) is 0 Å². The van der Waals surface area contributed by atoms with Crippen molar-refractivity contribution in [2.45, 2.75) is 20.8 Å². The molecular formula is C11H12N2O2S. The average molecular weight is 236 g/mol. The fourth-order valence-corrected chi connectivity index (χ4v) is 2.48. The van der Waals surface area contributed by atoms with Gasteiger partial charge in [0.2, 0.25) is 0 Å². The van der Waals surface area contributed by atoms with E-state index < -0.39 is 5.97 Å². The van der Waals surface area contributed by atoms with Gasteiger partial charge < -0.3 is 5.11 Å².